The van der Waals surface area contributed by atoms with Gasteiger partial charge in [0.1, 0.15) is 5.78 Å². The van der Waals surface area contributed by atoms with Gasteiger partial charge in [-0.05, 0) is 28.8 Å². The van der Waals surface area contributed by atoms with Crippen LogP contribution in [0.15, 0.2) is 78.9 Å². The second-order valence-corrected chi connectivity index (χ2v) is 7.28. The van der Waals surface area contributed by atoms with Gasteiger partial charge in [-0.25, -0.2) is 0 Å². The van der Waals surface area contributed by atoms with E-state index in [-0.39, 0.29) is 22.4 Å². The zero-order valence-electron chi connectivity index (χ0n) is 16.7. The Balaban J connectivity index is 1.94. The number of nitrogens with zero attached hydrogens (tertiary/aromatic N) is 2. The van der Waals surface area contributed by atoms with E-state index >= 15 is 0 Å². The molecular weight excluding hydrogens is 376 g/mol. The molecule has 3 aromatic rings. The number of nitro groups is 1. The molecule has 4 rings (SSSR count). The molecule has 5 heteroatoms. The molecule has 3 aromatic carbocycles. The monoisotopic (exact) mass is 398 g/mol. The average Bonchev–Trinajstić information content (AvgIpc) is 2.79. The van der Waals surface area contributed by atoms with Crippen LogP contribution in [0, 0.1) is 10.1 Å². The minimum absolute atomic E-state index is 0.0272. The van der Waals surface area contributed by atoms with Gasteiger partial charge < -0.3 is 4.90 Å². The van der Waals surface area contributed by atoms with Crippen LogP contribution < -0.4 is 4.90 Å². The molecule has 150 valence electrons. The standard InChI is InChI=1S/C25H22N2O3/c1-2-22(28)17-25-23-14-7-6-11-19(23)15-24(18-9-4-3-5-10-18)26(25)20-12-8-13-21(16-20)27(29)30/h3-16,25H,2,17H2,1H3. The maximum atomic E-state index is 12.5. The number of anilines is 1. The topological polar surface area (TPSA) is 63.5 Å². The highest BCUT2D eigenvalue weighted by Crippen LogP contribution is 2.44. The van der Waals surface area contributed by atoms with Crippen LogP contribution in [0.2, 0.25) is 0 Å². The third-order valence-electron chi connectivity index (χ3n) is 5.42. The van der Waals surface area contributed by atoms with Crippen LogP contribution in [0.3, 0.4) is 0 Å². The van der Waals surface area contributed by atoms with Crippen molar-refractivity contribution in [3.05, 3.63) is 106 Å². The number of carbonyl (C=O) groups is 1. The van der Waals surface area contributed by atoms with E-state index < -0.39 is 0 Å². The van der Waals surface area contributed by atoms with Crippen LogP contribution in [0.1, 0.15) is 42.5 Å². The number of fused-ring (bicyclic) bond motifs is 1. The van der Waals surface area contributed by atoms with E-state index in [1.165, 1.54) is 6.07 Å². The Morgan fingerprint density at radius 1 is 1.00 bits per heavy atom. The molecule has 30 heavy (non-hydrogen) atoms. The van der Waals surface area contributed by atoms with Gasteiger partial charge in [0, 0.05) is 36.4 Å². The lowest BCUT2D eigenvalue weighted by Gasteiger charge is -2.39. The Morgan fingerprint density at radius 3 is 2.47 bits per heavy atom. The third kappa shape index (κ3) is 3.74. The summed E-state index contributed by atoms with van der Waals surface area (Å²) >= 11 is 0. The van der Waals surface area contributed by atoms with Crippen molar-refractivity contribution in [1.29, 1.82) is 0 Å². The first-order valence-electron chi connectivity index (χ1n) is 10.00. The summed E-state index contributed by atoms with van der Waals surface area (Å²) in [6, 6.07) is 24.3. The minimum atomic E-state index is -0.389. The molecule has 0 spiro atoms. The summed E-state index contributed by atoms with van der Waals surface area (Å²) < 4.78 is 0. The van der Waals surface area contributed by atoms with Crippen LogP contribution >= 0.6 is 0 Å². The van der Waals surface area contributed by atoms with E-state index in [0.717, 1.165) is 22.4 Å². The average molecular weight is 398 g/mol. The molecule has 5 nitrogen and oxygen atoms in total. The van der Waals surface area contributed by atoms with E-state index in [4.69, 9.17) is 0 Å². The summed E-state index contributed by atoms with van der Waals surface area (Å²) in [5, 5.41) is 11.4. The van der Waals surface area contributed by atoms with Crippen molar-refractivity contribution in [1.82, 2.24) is 0 Å². The number of hydrogen-bond acceptors (Lipinski definition) is 4. The fourth-order valence-corrected chi connectivity index (χ4v) is 3.94. The maximum absolute atomic E-state index is 12.5. The largest absolute Gasteiger partial charge is 0.333 e. The smallest absolute Gasteiger partial charge is 0.271 e. The predicted molar refractivity (Wildman–Crippen MR) is 119 cm³/mol. The number of non-ortho nitro benzene ring substituents is 1. The lowest BCUT2D eigenvalue weighted by Crippen LogP contribution is -2.32. The van der Waals surface area contributed by atoms with Gasteiger partial charge in [-0.15, -0.1) is 0 Å². The van der Waals surface area contributed by atoms with Crippen molar-refractivity contribution in [3.63, 3.8) is 0 Å². The van der Waals surface area contributed by atoms with Crippen LogP contribution in [0.4, 0.5) is 11.4 Å². The first-order chi connectivity index (χ1) is 14.6. The van der Waals surface area contributed by atoms with Crippen molar-refractivity contribution in [2.24, 2.45) is 0 Å². The van der Waals surface area contributed by atoms with E-state index in [9.17, 15) is 14.9 Å². The van der Waals surface area contributed by atoms with Crippen molar-refractivity contribution in [3.8, 4) is 0 Å². The number of hydrogen-bond donors (Lipinski definition) is 0. The number of ketones is 1. The molecule has 0 aliphatic carbocycles. The molecule has 0 saturated heterocycles. The van der Waals surface area contributed by atoms with E-state index in [1.54, 1.807) is 12.1 Å². The number of benzene rings is 3. The molecule has 0 bridgehead atoms. The Kier molecular flexibility index (Phi) is 5.44. The number of nitro benzene ring substituents is 1. The Bertz CT molecular complexity index is 1120. The summed E-state index contributed by atoms with van der Waals surface area (Å²) in [4.78, 5) is 25.6. The van der Waals surface area contributed by atoms with Crippen molar-refractivity contribution in [2.45, 2.75) is 25.8 Å². The molecule has 1 heterocycles. The molecule has 1 unspecified atom stereocenters. The molecule has 1 aliphatic heterocycles. The van der Waals surface area contributed by atoms with E-state index in [1.807, 2.05) is 67.6 Å². The molecular formula is C25H22N2O3. The van der Waals surface area contributed by atoms with Gasteiger partial charge in [0.15, 0.2) is 0 Å². The van der Waals surface area contributed by atoms with Crippen LogP contribution in [-0.4, -0.2) is 10.7 Å². The second kappa shape index (κ2) is 8.33. The maximum Gasteiger partial charge on any atom is 0.271 e. The molecule has 0 fully saturated rings. The van der Waals surface area contributed by atoms with Gasteiger partial charge in [-0.1, -0.05) is 67.6 Å². The first-order valence-corrected chi connectivity index (χ1v) is 10.00. The van der Waals surface area contributed by atoms with Crippen LogP contribution in [0.5, 0.6) is 0 Å². The van der Waals surface area contributed by atoms with Gasteiger partial charge in [-0.2, -0.15) is 0 Å². The second-order valence-electron chi connectivity index (χ2n) is 7.28. The Hall–Kier alpha value is -3.73. The lowest BCUT2D eigenvalue weighted by atomic mass is 9.88. The number of carbonyl (C=O) groups excluding carboxylic acids is 1. The van der Waals surface area contributed by atoms with Gasteiger partial charge in [0.05, 0.1) is 11.0 Å². The molecule has 0 radical (unpaired) electrons. The van der Waals surface area contributed by atoms with Crippen molar-refractivity contribution < 1.29 is 9.72 Å². The first kappa shape index (κ1) is 19.6. The molecule has 0 saturated carbocycles. The van der Waals surface area contributed by atoms with E-state index in [2.05, 4.69) is 11.0 Å². The van der Waals surface area contributed by atoms with Gasteiger partial charge in [0.25, 0.3) is 5.69 Å². The fourth-order valence-electron chi connectivity index (χ4n) is 3.94. The minimum Gasteiger partial charge on any atom is -0.333 e. The van der Waals surface area contributed by atoms with Crippen molar-refractivity contribution in [2.75, 3.05) is 4.90 Å². The molecule has 0 amide bonds. The molecule has 1 aliphatic rings. The number of rotatable bonds is 6. The lowest BCUT2D eigenvalue weighted by molar-refractivity contribution is -0.384. The van der Waals surface area contributed by atoms with Crippen LogP contribution in [-0.2, 0) is 4.79 Å². The SMILES string of the molecule is CCC(=O)CC1c2ccccc2C=C(c2ccccc2)N1c1cccc([N+](=O)[O-])c1. The van der Waals surface area contributed by atoms with Gasteiger partial charge in [-0.3, -0.25) is 14.9 Å². The highest BCUT2D eigenvalue weighted by Gasteiger charge is 2.32. The molecule has 1 atom stereocenters. The predicted octanol–water partition coefficient (Wildman–Crippen LogP) is 6.02. The third-order valence-corrected chi connectivity index (χ3v) is 5.42. The van der Waals surface area contributed by atoms with Crippen LogP contribution in [0.25, 0.3) is 11.8 Å². The Labute approximate surface area is 175 Å². The number of Topliss-reactive ketones (excluding diaryl/α,β-unsaturated/α-hetero) is 1. The van der Waals surface area contributed by atoms with E-state index in [0.29, 0.717) is 18.5 Å². The highest BCUT2D eigenvalue weighted by molar-refractivity contribution is 5.95. The zero-order chi connectivity index (χ0) is 21.1. The quantitative estimate of drug-likeness (QED) is 0.376. The molecule has 0 N–H and O–H groups in total. The zero-order valence-corrected chi connectivity index (χ0v) is 16.7. The summed E-state index contributed by atoms with van der Waals surface area (Å²) in [7, 11) is 0. The highest BCUT2D eigenvalue weighted by atomic mass is 16.6. The van der Waals surface area contributed by atoms with Gasteiger partial charge in [0.2, 0.25) is 0 Å². The summed E-state index contributed by atoms with van der Waals surface area (Å²) in [6.45, 7) is 1.86. The molecule has 0 aromatic heterocycles. The normalized spacial score (nSPS) is 15.3. The Morgan fingerprint density at radius 2 is 1.73 bits per heavy atom. The van der Waals surface area contributed by atoms with Crippen molar-refractivity contribution >= 4 is 28.9 Å². The summed E-state index contributed by atoms with van der Waals surface area (Å²) in [5.74, 6) is 0.152. The fraction of sp³-hybridized carbons (Fsp3) is 0.160. The van der Waals surface area contributed by atoms with Gasteiger partial charge >= 0.3 is 0 Å². The summed E-state index contributed by atoms with van der Waals surface area (Å²) in [6.07, 6.45) is 2.88. The summed E-state index contributed by atoms with van der Waals surface area (Å²) in [5.41, 5.74) is 4.75.